The van der Waals surface area contributed by atoms with Gasteiger partial charge in [0.1, 0.15) is 5.69 Å². The standard InChI is InChI=1S/C9H12N2O2.ClH/c1-13-7-6-11-9(12)8-4-2-3-5-10-8;/h2-5H,6-7H2,1H3,(H,11,12);1H. The highest BCUT2D eigenvalue weighted by Gasteiger charge is 2.03. The lowest BCUT2D eigenvalue weighted by molar-refractivity contribution is 0.0932. The van der Waals surface area contributed by atoms with Gasteiger partial charge in [0, 0.05) is 19.9 Å². The van der Waals surface area contributed by atoms with Crippen LogP contribution < -0.4 is 5.32 Å². The van der Waals surface area contributed by atoms with Gasteiger partial charge in [-0.25, -0.2) is 0 Å². The molecule has 0 radical (unpaired) electrons. The summed E-state index contributed by atoms with van der Waals surface area (Å²) < 4.78 is 4.79. The van der Waals surface area contributed by atoms with Gasteiger partial charge in [-0.15, -0.1) is 12.4 Å². The largest absolute Gasteiger partial charge is 0.383 e. The van der Waals surface area contributed by atoms with Gasteiger partial charge >= 0.3 is 0 Å². The fraction of sp³-hybridized carbons (Fsp3) is 0.333. The van der Waals surface area contributed by atoms with Gasteiger partial charge in [0.25, 0.3) is 5.91 Å². The summed E-state index contributed by atoms with van der Waals surface area (Å²) in [5.74, 6) is -0.169. The number of hydrogen-bond donors (Lipinski definition) is 1. The first kappa shape index (κ1) is 12.9. The quantitative estimate of drug-likeness (QED) is 0.761. The molecule has 1 heterocycles. The number of rotatable bonds is 4. The van der Waals surface area contributed by atoms with Crippen LogP contribution in [0.1, 0.15) is 10.5 Å². The van der Waals surface area contributed by atoms with Crippen LogP contribution in [0.5, 0.6) is 0 Å². The second-order valence-corrected chi connectivity index (χ2v) is 2.46. The third-order valence-electron chi connectivity index (χ3n) is 1.49. The van der Waals surface area contributed by atoms with Crippen molar-refractivity contribution >= 4 is 18.3 Å². The van der Waals surface area contributed by atoms with Crippen molar-refractivity contribution in [2.45, 2.75) is 0 Å². The lowest BCUT2D eigenvalue weighted by Crippen LogP contribution is -2.27. The molecule has 0 bridgehead atoms. The summed E-state index contributed by atoms with van der Waals surface area (Å²) in [6.45, 7) is 1.02. The Kier molecular flexibility index (Phi) is 6.70. The minimum Gasteiger partial charge on any atom is -0.383 e. The molecule has 1 amide bonds. The number of nitrogens with one attached hydrogen (secondary N) is 1. The van der Waals surface area contributed by atoms with Crippen LogP contribution in [0.2, 0.25) is 0 Å². The van der Waals surface area contributed by atoms with Gasteiger partial charge in [-0.05, 0) is 12.1 Å². The predicted molar refractivity (Wildman–Crippen MR) is 55.7 cm³/mol. The summed E-state index contributed by atoms with van der Waals surface area (Å²) in [5.41, 5.74) is 0.429. The first-order valence-corrected chi connectivity index (χ1v) is 4.03. The molecule has 5 heteroatoms. The smallest absolute Gasteiger partial charge is 0.269 e. The Hall–Kier alpha value is -1.13. The molecule has 0 saturated heterocycles. The highest BCUT2D eigenvalue weighted by molar-refractivity contribution is 5.92. The van der Waals surface area contributed by atoms with E-state index in [1.165, 1.54) is 0 Å². The molecule has 0 aliphatic heterocycles. The molecular weight excluding hydrogens is 204 g/mol. The Labute approximate surface area is 89.1 Å². The molecular formula is C9H13ClN2O2. The summed E-state index contributed by atoms with van der Waals surface area (Å²) in [5, 5.41) is 2.67. The van der Waals surface area contributed by atoms with Crippen molar-refractivity contribution in [1.29, 1.82) is 0 Å². The molecule has 1 N–H and O–H groups in total. The molecule has 0 spiro atoms. The van der Waals surface area contributed by atoms with E-state index in [9.17, 15) is 4.79 Å². The maximum atomic E-state index is 11.3. The van der Waals surface area contributed by atoms with Crippen molar-refractivity contribution < 1.29 is 9.53 Å². The Bertz CT molecular complexity index is 267. The van der Waals surface area contributed by atoms with E-state index in [1.807, 2.05) is 0 Å². The molecule has 4 nitrogen and oxygen atoms in total. The maximum absolute atomic E-state index is 11.3. The third kappa shape index (κ3) is 4.20. The number of carbonyl (C=O) groups excluding carboxylic acids is 1. The highest BCUT2D eigenvalue weighted by atomic mass is 35.5. The van der Waals surface area contributed by atoms with Gasteiger partial charge in [0.05, 0.1) is 6.61 Å². The number of aromatic nitrogens is 1. The highest BCUT2D eigenvalue weighted by Crippen LogP contribution is 1.91. The number of pyridine rings is 1. The molecule has 1 aromatic rings. The van der Waals surface area contributed by atoms with Gasteiger partial charge in [-0.3, -0.25) is 9.78 Å². The summed E-state index contributed by atoms with van der Waals surface area (Å²) in [4.78, 5) is 15.2. The van der Waals surface area contributed by atoms with Crippen LogP contribution in [0.25, 0.3) is 0 Å². The number of ether oxygens (including phenoxy) is 1. The maximum Gasteiger partial charge on any atom is 0.269 e. The number of nitrogens with zero attached hydrogens (tertiary/aromatic N) is 1. The summed E-state index contributed by atoms with van der Waals surface area (Å²) in [7, 11) is 1.59. The molecule has 0 fully saturated rings. The van der Waals surface area contributed by atoms with Crippen molar-refractivity contribution in [3.8, 4) is 0 Å². The molecule has 14 heavy (non-hydrogen) atoms. The van der Waals surface area contributed by atoms with Crippen molar-refractivity contribution in [2.75, 3.05) is 20.3 Å². The Morgan fingerprint density at radius 1 is 1.57 bits per heavy atom. The Morgan fingerprint density at radius 2 is 2.36 bits per heavy atom. The van der Waals surface area contributed by atoms with Crippen molar-refractivity contribution in [1.82, 2.24) is 10.3 Å². The van der Waals surface area contributed by atoms with Gasteiger partial charge < -0.3 is 10.1 Å². The summed E-state index contributed by atoms with van der Waals surface area (Å²) in [6.07, 6.45) is 1.59. The normalized spacial score (nSPS) is 8.93. The lowest BCUT2D eigenvalue weighted by atomic mass is 10.3. The average molecular weight is 217 g/mol. The molecule has 0 atom stereocenters. The number of hydrogen-bond acceptors (Lipinski definition) is 3. The lowest BCUT2D eigenvalue weighted by Gasteiger charge is -2.02. The topological polar surface area (TPSA) is 51.2 Å². The number of carbonyl (C=O) groups is 1. The number of amides is 1. The van der Waals surface area contributed by atoms with Crippen molar-refractivity contribution in [3.63, 3.8) is 0 Å². The molecule has 0 aliphatic carbocycles. The molecule has 1 aromatic heterocycles. The van der Waals surface area contributed by atoms with Crippen molar-refractivity contribution in [3.05, 3.63) is 30.1 Å². The summed E-state index contributed by atoms with van der Waals surface area (Å²) in [6, 6.07) is 5.21. The van der Waals surface area contributed by atoms with Gasteiger partial charge in [-0.2, -0.15) is 0 Å². The zero-order valence-corrected chi connectivity index (χ0v) is 8.71. The van der Waals surface area contributed by atoms with Crippen LogP contribution in [-0.4, -0.2) is 31.2 Å². The van der Waals surface area contributed by atoms with E-state index in [-0.39, 0.29) is 18.3 Å². The molecule has 0 unspecified atom stereocenters. The first-order chi connectivity index (χ1) is 6.34. The third-order valence-corrected chi connectivity index (χ3v) is 1.49. The van der Waals surface area contributed by atoms with Gasteiger partial charge in [0.2, 0.25) is 0 Å². The predicted octanol–water partition coefficient (Wildman–Crippen LogP) is 0.880. The fourth-order valence-corrected chi connectivity index (χ4v) is 0.854. The second kappa shape index (κ2) is 7.29. The Balaban J connectivity index is 0.00000169. The first-order valence-electron chi connectivity index (χ1n) is 4.03. The van der Waals surface area contributed by atoms with E-state index < -0.39 is 0 Å². The van der Waals surface area contributed by atoms with E-state index in [1.54, 1.807) is 31.5 Å². The van der Waals surface area contributed by atoms with Crippen LogP contribution in [0.3, 0.4) is 0 Å². The minimum absolute atomic E-state index is 0. The average Bonchev–Trinajstić information content (AvgIpc) is 2.19. The van der Waals surface area contributed by atoms with Gasteiger partial charge in [0.15, 0.2) is 0 Å². The van der Waals surface area contributed by atoms with Crippen LogP contribution in [0.15, 0.2) is 24.4 Å². The Morgan fingerprint density at radius 3 is 2.93 bits per heavy atom. The molecule has 0 aliphatic rings. The summed E-state index contributed by atoms with van der Waals surface area (Å²) >= 11 is 0. The van der Waals surface area contributed by atoms with Crippen LogP contribution in [0, 0.1) is 0 Å². The van der Waals surface area contributed by atoms with Crippen LogP contribution in [0.4, 0.5) is 0 Å². The second-order valence-electron chi connectivity index (χ2n) is 2.46. The van der Waals surface area contributed by atoms with Crippen molar-refractivity contribution in [2.24, 2.45) is 0 Å². The van der Waals surface area contributed by atoms with E-state index in [0.717, 1.165) is 0 Å². The van der Waals surface area contributed by atoms with E-state index in [4.69, 9.17) is 4.74 Å². The molecule has 0 aromatic carbocycles. The van der Waals surface area contributed by atoms with E-state index in [2.05, 4.69) is 10.3 Å². The van der Waals surface area contributed by atoms with E-state index >= 15 is 0 Å². The monoisotopic (exact) mass is 216 g/mol. The van der Waals surface area contributed by atoms with Crippen LogP contribution in [-0.2, 0) is 4.74 Å². The van der Waals surface area contributed by atoms with E-state index in [0.29, 0.717) is 18.8 Å². The molecule has 1 rings (SSSR count). The fourth-order valence-electron chi connectivity index (χ4n) is 0.854. The van der Waals surface area contributed by atoms with Crippen LogP contribution >= 0.6 is 12.4 Å². The number of halogens is 1. The SMILES string of the molecule is COCCNC(=O)c1ccccn1.Cl. The number of methoxy groups -OCH3 is 1. The molecule has 0 saturated carbocycles. The minimum atomic E-state index is -0.169. The zero-order chi connectivity index (χ0) is 9.52. The van der Waals surface area contributed by atoms with Gasteiger partial charge in [-0.1, -0.05) is 6.07 Å². The zero-order valence-electron chi connectivity index (χ0n) is 7.90. The molecule has 78 valence electrons.